The third-order valence-electron chi connectivity index (χ3n) is 4.87. The Kier molecular flexibility index (Phi) is 5.34. The lowest BCUT2D eigenvalue weighted by atomic mass is 10.0. The molecular weight excluding hydrogens is 370 g/mol. The molecule has 7 heteroatoms. The Morgan fingerprint density at radius 2 is 1.82 bits per heavy atom. The van der Waals surface area contributed by atoms with Crippen LogP contribution in [0.2, 0.25) is 0 Å². The Morgan fingerprint density at radius 1 is 1.07 bits per heavy atom. The van der Waals surface area contributed by atoms with Crippen LogP contribution in [0.3, 0.4) is 0 Å². The zero-order valence-electron chi connectivity index (χ0n) is 15.9. The van der Waals surface area contributed by atoms with E-state index < -0.39 is 0 Å². The highest BCUT2D eigenvalue weighted by Crippen LogP contribution is 2.37. The van der Waals surface area contributed by atoms with Crippen LogP contribution in [-0.2, 0) is 17.6 Å². The number of nitrogens with zero attached hydrogens (tertiary/aromatic N) is 3. The fourth-order valence-electron chi connectivity index (χ4n) is 3.27. The van der Waals surface area contributed by atoms with Crippen molar-refractivity contribution in [1.29, 1.82) is 0 Å². The van der Waals surface area contributed by atoms with Crippen LogP contribution in [0.4, 0.5) is 5.69 Å². The molecule has 6 nitrogen and oxygen atoms in total. The van der Waals surface area contributed by atoms with Gasteiger partial charge in [-0.1, -0.05) is 68.1 Å². The molecule has 1 aliphatic heterocycles. The second kappa shape index (κ2) is 8.06. The van der Waals surface area contributed by atoms with Gasteiger partial charge in [0.15, 0.2) is 5.82 Å². The number of hydrogen-bond acceptors (Lipinski definition) is 5. The van der Waals surface area contributed by atoms with Crippen molar-refractivity contribution in [1.82, 2.24) is 14.9 Å². The molecule has 2 aromatic carbocycles. The van der Waals surface area contributed by atoms with Crippen molar-refractivity contribution in [3.8, 4) is 0 Å². The van der Waals surface area contributed by atoms with E-state index >= 15 is 0 Å². The van der Waals surface area contributed by atoms with Gasteiger partial charge in [0.25, 0.3) is 0 Å². The fraction of sp³-hybridized carbons (Fsp3) is 0.286. The van der Waals surface area contributed by atoms with Crippen LogP contribution in [0.5, 0.6) is 0 Å². The number of amides is 1. The molecule has 0 aliphatic carbocycles. The lowest BCUT2D eigenvalue weighted by Gasteiger charge is -2.33. The number of carbonyl (C=O) groups excluding carboxylic acids is 1. The lowest BCUT2D eigenvalue weighted by molar-refractivity contribution is -0.116. The normalized spacial score (nSPS) is 18.2. The monoisotopic (exact) mass is 393 g/mol. The molecule has 2 heterocycles. The maximum atomic E-state index is 13.1. The van der Waals surface area contributed by atoms with Crippen molar-refractivity contribution in [2.24, 2.45) is 0 Å². The molecule has 2 N–H and O–H groups in total. The van der Waals surface area contributed by atoms with Gasteiger partial charge in [0.05, 0.1) is 6.04 Å². The van der Waals surface area contributed by atoms with Crippen LogP contribution in [-0.4, -0.2) is 26.0 Å². The number of nitrogens with one attached hydrogen (secondary N) is 2. The number of thioether (sulfide) groups is 1. The molecule has 2 atom stereocenters. The Balaban J connectivity index is 1.67. The third kappa shape index (κ3) is 3.62. The average molecular weight is 394 g/mol. The number of rotatable bonds is 5. The number of hydrogen-bond donors (Lipinski definition) is 2. The highest BCUT2D eigenvalue weighted by atomic mass is 32.2. The minimum atomic E-state index is -0.367. The molecule has 0 saturated carbocycles. The number of aryl methyl sites for hydroxylation is 2. The molecule has 4 rings (SSSR count). The molecule has 144 valence electrons. The summed E-state index contributed by atoms with van der Waals surface area (Å²) in [5, 5.41) is 11.9. The highest BCUT2D eigenvalue weighted by Gasteiger charge is 2.37. The highest BCUT2D eigenvalue weighted by molar-refractivity contribution is 8.00. The standard InChI is InChI=1S/C21H23N5OS/c1-3-14-10-12-15(13-11-14)18-19(20(27)22-16-8-6-5-7-9-16)28-21-24-23-17(4-2)26(21)25-18/h5-13,18-19,25H,3-4H2,1-2H3,(H,22,27)/t18-,19-/m0/s1. The van der Waals surface area contributed by atoms with Gasteiger partial charge < -0.3 is 10.7 Å². The predicted octanol–water partition coefficient (Wildman–Crippen LogP) is 3.80. The van der Waals surface area contributed by atoms with Crippen molar-refractivity contribution >= 4 is 23.4 Å². The first-order valence-corrected chi connectivity index (χ1v) is 10.4. The fourth-order valence-corrected chi connectivity index (χ4v) is 4.37. The first-order chi connectivity index (χ1) is 13.7. The van der Waals surface area contributed by atoms with Crippen LogP contribution in [0.15, 0.2) is 59.8 Å². The Morgan fingerprint density at radius 3 is 2.50 bits per heavy atom. The van der Waals surface area contributed by atoms with Crippen molar-refractivity contribution < 1.29 is 4.79 Å². The zero-order chi connectivity index (χ0) is 19.5. The summed E-state index contributed by atoms with van der Waals surface area (Å²) in [7, 11) is 0. The smallest absolute Gasteiger partial charge is 0.240 e. The van der Waals surface area contributed by atoms with E-state index in [0.29, 0.717) is 5.16 Å². The van der Waals surface area contributed by atoms with Gasteiger partial charge in [0.2, 0.25) is 11.1 Å². The number of benzene rings is 2. The van der Waals surface area contributed by atoms with Crippen LogP contribution in [0.25, 0.3) is 0 Å². The van der Waals surface area contributed by atoms with Crippen LogP contribution in [0.1, 0.15) is 36.8 Å². The van der Waals surface area contributed by atoms with Gasteiger partial charge in [-0.15, -0.1) is 10.2 Å². The number of para-hydroxylation sites is 1. The van der Waals surface area contributed by atoms with E-state index in [-0.39, 0.29) is 17.2 Å². The number of carbonyl (C=O) groups is 1. The van der Waals surface area contributed by atoms with Crippen LogP contribution in [0, 0.1) is 0 Å². The van der Waals surface area contributed by atoms with Gasteiger partial charge in [-0.3, -0.25) is 4.79 Å². The first kappa shape index (κ1) is 18.6. The Labute approximate surface area is 168 Å². The Bertz CT molecular complexity index is 955. The first-order valence-electron chi connectivity index (χ1n) is 9.51. The van der Waals surface area contributed by atoms with E-state index in [9.17, 15) is 4.79 Å². The summed E-state index contributed by atoms with van der Waals surface area (Å²) >= 11 is 1.45. The molecule has 0 saturated heterocycles. The third-order valence-corrected chi connectivity index (χ3v) is 6.08. The van der Waals surface area contributed by atoms with Gasteiger partial charge in [-0.25, -0.2) is 4.68 Å². The summed E-state index contributed by atoms with van der Waals surface area (Å²) in [6, 6.07) is 17.8. The predicted molar refractivity (Wildman–Crippen MR) is 112 cm³/mol. The molecule has 28 heavy (non-hydrogen) atoms. The topological polar surface area (TPSA) is 71.8 Å². The minimum absolute atomic E-state index is 0.0550. The molecule has 1 aliphatic rings. The van der Waals surface area contributed by atoms with E-state index in [1.807, 2.05) is 41.9 Å². The molecule has 3 aromatic rings. The lowest BCUT2D eigenvalue weighted by Crippen LogP contribution is -2.41. The van der Waals surface area contributed by atoms with E-state index in [0.717, 1.165) is 29.9 Å². The molecule has 0 bridgehead atoms. The molecule has 0 unspecified atom stereocenters. The maximum absolute atomic E-state index is 13.1. The van der Waals surface area contributed by atoms with E-state index in [1.165, 1.54) is 17.3 Å². The van der Waals surface area contributed by atoms with Gasteiger partial charge in [0.1, 0.15) is 5.25 Å². The Hall–Kier alpha value is -2.80. The summed E-state index contributed by atoms with van der Waals surface area (Å²) < 4.78 is 1.91. The van der Waals surface area contributed by atoms with Gasteiger partial charge in [0, 0.05) is 12.1 Å². The van der Waals surface area contributed by atoms with E-state index in [2.05, 4.69) is 52.1 Å². The second-order valence-electron chi connectivity index (χ2n) is 6.68. The minimum Gasteiger partial charge on any atom is -0.325 e. The van der Waals surface area contributed by atoms with Gasteiger partial charge in [-0.2, -0.15) is 0 Å². The molecule has 0 radical (unpaired) electrons. The van der Waals surface area contributed by atoms with E-state index in [4.69, 9.17) is 0 Å². The van der Waals surface area contributed by atoms with Gasteiger partial charge >= 0.3 is 0 Å². The average Bonchev–Trinajstić information content (AvgIpc) is 3.15. The maximum Gasteiger partial charge on any atom is 0.240 e. The SMILES string of the molecule is CCc1ccc([C@@H]2Nn3c(CC)nnc3S[C@@H]2C(=O)Nc2ccccc2)cc1. The molecular formula is C21H23N5OS. The number of anilines is 1. The molecule has 1 aromatic heterocycles. The summed E-state index contributed by atoms with van der Waals surface area (Å²) in [6.45, 7) is 4.18. The summed E-state index contributed by atoms with van der Waals surface area (Å²) in [5.41, 5.74) is 6.61. The largest absolute Gasteiger partial charge is 0.325 e. The molecule has 0 fully saturated rings. The van der Waals surface area contributed by atoms with Crippen LogP contribution < -0.4 is 10.7 Å². The second-order valence-corrected chi connectivity index (χ2v) is 7.79. The quantitative estimate of drug-likeness (QED) is 0.690. The summed E-state index contributed by atoms with van der Waals surface area (Å²) in [6.07, 6.45) is 1.75. The van der Waals surface area contributed by atoms with E-state index in [1.54, 1.807) is 0 Å². The molecule has 0 spiro atoms. The van der Waals surface area contributed by atoms with Gasteiger partial charge in [-0.05, 0) is 29.7 Å². The zero-order valence-corrected chi connectivity index (χ0v) is 16.7. The number of aromatic nitrogens is 3. The number of fused-ring (bicyclic) bond motifs is 1. The van der Waals surface area contributed by atoms with Crippen LogP contribution >= 0.6 is 11.8 Å². The molecule has 1 amide bonds. The summed E-state index contributed by atoms with van der Waals surface area (Å²) in [4.78, 5) is 13.1. The van der Waals surface area contributed by atoms with Crippen molar-refractivity contribution in [2.75, 3.05) is 10.7 Å². The summed E-state index contributed by atoms with van der Waals surface area (Å²) in [5.74, 6) is 0.806. The van der Waals surface area contributed by atoms with Crippen molar-refractivity contribution in [2.45, 2.75) is 43.1 Å². The van der Waals surface area contributed by atoms with Crippen molar-refractivity contribution in [3.63, 3.8) is 0 Å². The van der Waals surface area contributed by atoms with Crippen molar-refractivity contribution in [3.05, 3.63) is 71.5 Å².